The van der Waals surface area contributed by atoms with Crippen LogP contribution < -0.4 is 9.80 Å². The smallest absolute Gasteiger partial charge is 0.154 e. The number of benzene rings is 1. The van der Waals surface area contributed by atoms with Gasteiger partial charge in [0.25, 0.3) is 0 Å². The van der Waals surface area contributed by atoms with Gasteiger partial charge in [-0.3, -0.25) is 4.21 Å². The highest BCUT2D eigenvalue weighted by Crippen LogP contribution is 2.36. The van der Waals surface area contributed by atoms with Crippen LogP contribution in [0.2, 0.25) is 0 Å². The number of nitrogens with zero attached hydrogens (tertiary/aromatic N) is 7. The van der Waals surface area contributed by atoms with E-state index in [9.17, 15) is 13.2 Å². The van der Waals surface area contributed by atoms with Gasteiger partial charge in [0.2, 0.25) is 0 Å². The molecule has 0 saturated carbocycles. The molecule has 11 heteroatoms. The minimum absolute atomic E-state index is 0.0751. The van der Waals surface area contributed by atoms with Crippen molar-refractivity contribution in [3.63, 3.8) is 0 Å². The summed E-state index contributed by atoms with van der Waals surface area (Å²) in [6.45, 7) is 5.22. The number of halogens is 1. The van der Waals surface area contributed by atoms with Crippen molar-refractivity contribution >= 4 is 28.5 Å². The zero-order chi connectivity index (χ0) is 26.2. The van der Waals surface area contributed by atoms with E-state index < -0.39 is 11.3 Å². The molecule has 38 heavy (non-hydrogen) atoms. The van der Waals surface area contributed by atoms with E-state index in [1.54, 1.807) is 18.3 Å². The molecule has 2 atom stereocenters. The summed E-state index contributed by atoms with van der Waals surface area (Å²) in [5.41, 5.74) is 3.25. The third-order valence-electron chi connectivity index (χ3n) is 7.43. The molecular weight excluding hydrogens is 505 g/mol. The summed E-state index contributed by atoms with van der Waals surface area (Å²) in [5.74, 6) is 1.73. The molecular formula is C27H29FN7O2S-. The topological polar surface area (TPSA) is 92.9 Å². The summed E-state index contributed by atoms with van der Waals surface area (Å²) in [7, 11) is 0. The molecule has 0 spiro atoms. The SMILES string of the molecule is CCN(CC1CN(c2cccc(-c3cnc4ccc(N5CCC[C@@H]5c5cccc(F)c5)nn34)n2)C1)S(=O)[O-]. The van der Waals surface area contributed by atoms with Gasteiger partial charge in [0.1, 0.15) is 23.1 Å². The maximum absolute atomic E-state index is 13.9. The fourth-order valence-electron chi connectivity index (χ4n) is 5.49. The zero-order valence-electron chi connectivity index (χ0n) is 21.1. The Kier molecular flexibility index (Phi) is 6.81. The van der Waals surface area contributed by atoms with E-state index in [4.69, 9.17) is 10.1 Å². The number of imidazole rings is 1. The van der Waals surface area contributed by atoms with Crippen LogP contribution in [0.4, 0.5) is 16.0 Å². The van der Waals surface area contributed by atoms with Gasteiger partial charge in [-0.1, -0.05) is 25.1 Å². The van der Waals surface area contributed by atoms with Crippen molar-refractivity contribution in [3.05, 3.63) is 72.2 Å². The molecule has 2 aliphatic rings. The van der Waals surface area contributed by atoms with Crippen LogP contribution in [0, 0.1) is 11.7 Å². The van der Waals surface area contributed by atoms with Crippen LogP contribution in [0.15, 0.2) is 60.8 Å². The van der Waals surface area contributed by atoms with Crippen molar-refractivity contribution in [2.45, 2.75) is 25.8 Å². The van der Waals surface area contributed by atoms with Crippen LogP contribution in [0.5, 0.6) is 0 Å². The minimum atomic E-state index is -2.19. The fourth-order valence-corrected chi connectivity index (χ4v) is 6.03. The summed E-state index contributed by atoms with van der Waals surface area (Å²) in [4.78, 5) is 13.8. The van der Waals surface area contributed by atoms with Crippen molar-refractivity contribution in [1.29, 1.82) is 0 Å². The average Bonchev–Trinajstić information content (AvgIpc) is 3.55. The Morgan fingerprint density at radius 1 is 1.13 bits per heavy atom. The molecule has 0 amide bonds. The molecule has 6 rings (SSSR count). The van der Waals surface area contributed by atoms with E-state index in [1.165, 1.54) is 10.4 Å². The lowest BCUT2D eigenvalue weighted by molar-refractivity contribution is 0.299. The van der Waals surface area contributed by atoms with Gasteiger partial charge < -0.3 is 14.4 Å². The standard InChI is InChI=1S/C27H30FN7O2S/c1-2-33(38(36)37)18-19-16-32(17-19)26-10-4-8-22(30-26)24-15-29-25-11-12-27(31-35(24)25)34-13-5-9-23(34)20-6-3-7-21(28)14-20/h3-4,6-8,10-12,14-15,19,23H,2,5,9,13,16-18H2,1H3,(H,36,37)/p-1/t23-/m1/s1. The van der Waals surface area contributed by atoms with E-state index in [-0.39, 0.29) is 17.8 Å². The number of aromatic nitrogens is 4. The van der Waals surface area contributed by atoms with E-state index in [2.05, 4.69) is 14.8 Å². The first-order valence-corrected chi connectivity index (χ1v) is 14.0. The lowest BCUT2D eigenvalue weighted by Gasteiger charge is -2.42. The maximum atomic E-state index is 13.9. The predicted octanol–water partition coefficient (Wildman–Crippen LogP) is 3.82. The number of pyridine rings is 1. The first-order chi connectivity index (χ1) is 18.5. The third kappa shape index (κ3) is 4.77. The molecule has 0 radical (unpaired) electrons. The predicted molar refractivity (Wildman–Crippen MR) is 144 cm³/mol. The Morgan fingerprint density at radius 2 is 1.97 bits per heavy atom. The van der Waals surface area contributed by atoms with Crippen LogP contribution in [0.1, 0.15) is 31.4 Å². The summed E-state index contributed by atoms with van der Waals surface area (Å²) in [6, 6.07) is 16.7. The molecule has 198 valence electrons. The summed E-state index contributed by atoms with van der Waals surface area (Å²) < 4.78 is 39.8. The van der Waals surface area contributed by atoms with Crippen LogP contribution in [-0.2, 0) is 11.3 Å². The van der Waals surface area contributed by atoms with E-state index in [0.717, 1.165) is 66.7 Å². The van der Waals surface area contributed by atoms with Gasteiger partial charge in [-0.05, 0) is 54.8 Å². The molecule has 4 aromatic rings. The number of hydrogen-bond acceptors (Lipinski definition) is 7. The van der Waals surface area contributed by atoms with Crippen molar-refractivity contribution in [2.24, 2.45) is 5.92 Å². The van der Waals surface area contributed by atoms with Gasteiger partial charge in [-0.15, -0.1) is 5.10 Å². The largest absolute Gasteiger partial charge is 0.760 e. The number of fused-ring (bicyclic) bond motifs is 1. The highest BCUT2D eigenvalue weighted by Gasteiger charge is 2.30. The van der Waals surface area contributed by atoms with E-state index >= 15 is 0 Å². The third-order valence-corrected chi connectivity index (χ3v) is 8.26. The first kappa shape index (κ1) is 24.9. The van der Waals surface area contributed by atoms with E-state index in [1.807, 2.05) is 47.8 Å². The Labute approximate surface area is 223 Å². The Morgan fingerprint density at radius 3 is 2.76 bits per heavy atom. The molecule has 3 aromatic heterocycles. The van der Waals surface area contributed by atoms with Gasteiger partial charge >= 0.3 is 0 Å². The van der Waals surface area contributed by atoms with Crippen molar-refractivity contribution < 1.29 is 13.2 Å². The normalized spacial score (nSPS) is 18.9. The lowest BCUT2D eigenvalue weighted by Crippen LogP contribution is -2.52. The van der Waals surface area contributed by atoms with Gasteiger partial charge in [-0.25, -0.2) is 23.2 Å². The average molecular weight is 535 g/mol. The van der Waals surface area contributed by atoms with Gasteiger partial charge in [0.05, 0.1) is 17.9 Å². The second-order valence-electron chi connectivity index (χ2n) is 9.86. The second kappa shape index (κ2) is 10.4. The Bertz CT molecular complexity index is 1470. The summed E-state index contributed by atoms with van der Waals surface area (Å²) >= 11 is -2.19. The van der Waals surface area contributed by atoms with Crippen molar-refractivity contribution in [1.82, 2.24) is 23.9 Å². The highest BCUT2D eigenvalue weighted by atomic mass is 32.2. The monoisotopic (exact) mass is 534 g/mol. The Hall–Kier alpha value is -3.41. The van der Waals surface area contributed by atoms with Crippen LogP contribution in [-0.4, -0.2) is 65.4 Å². The molecule has 0 aliphatic carbocycles. The molecule has 9 nitrogen and oxygen atoms in total. The van der Waals surface area contributed by atoms with Gasteiger partial charge in [-0.2, -0.15) is 0 Å². The van der Waals surface area contributed by atoms with Gasteiger partial charge in [0, 0.05) is 49.9 Å². The summed E-state index contributed by atoms with van der Waals surface area (Å²) in [5, 5.41) is 4.94. The molecule has 0 bridgehead atoms. The Balaban J connectivity index is 1.23. The summed E-state index contributed by atoms with van der Waals surface area (Å²) in [6.07, 6.45) is 3.74. The van der Waals surface area contributed by atoms with Crippen molar-refractivity contribution in [3.8, 4) is 11.4 Å². The fraction of sp³-hybridized carbons (Fsp3) is 0.370. The number of hydrogen-bond donors (Lipinski definition) is 0. The molecule has 2 saturated heterocycles. The number of anilines is 2. The first-order valence-electron chi connectivity index (χ1n) is 12.9. The van der Waals surface area contributed by atoms with Crippen LogP contribution in [0.25, 0.3) is 17.0 Å². The quantitative estimate of drug-likeness (QED) is 0.317. The molecule has 0 N–H and O–H groups in total. The molecule has 1 unspecified atom stereocenters. The maximum Gasteiger partial charge on any atom is 0.154 e. The molecule has 2 aliphatic heterocycles. The van der Waals surface area contributed by atoms with Gasteiger partial charge in [0.15, 0.2) is 5.65 Å². The van der Waals surface area contributed by atoms with E-state index in [0.29, 0.717) is 13.1 Å². The van der Waals surface area contributed by atoms with Crippen LogP contribution in [0.3, 0.4) is 0 Å². The number of rotatable bonds is 8. The molecule has 5 heterocycles. The molecule has 2 fully saturated rings. The zero-order valence-corrected chi connectivity index (χ0v) is 21.9. The second-order valence-corrected chi connectivity index (χ2v) is 10.8. The van der Waals surface area contributed by atoms with Crippen molar-refractivity contribution in [2.75, 3.05) is 42.5 Å². The van der Waals surface area contributed by atoms with Crippen LogP contribution >= 0.6 is 0 Å². The lowest BCUT2D eigenvalue weighted by atomic mass is 10.00. The molecule has 1 aromatic carbocycles. The highest BCUT2D eigenvalue weighted by molar-refractivity contribution is 7.76. The minimum Gasteiger partial charge on any atom is -0.760 e.